The standard InChI is InChI=1S/C12H14F2N2O3/c1-2-3-4-8(12(18)19)16-11(17)7-5-6-15-10(14)9(7)13/h5-6,8H,2-4H2,1H3,(H,16,17)(H,18,19)/t8-/m1/s1. The number of aromatic nitrogens is 1. The van der Waals surface area contributed by atoms with E-state index in [0.717, 1.165) is 18.7 Å². The number of nitrogens with zero attached hydrogens (tertiary/aromatic N) is 1. The van der Waals surface area contributed by atoms with E-state index in [1.54, 1.807) is 0 Å². The topological polar surface area (TPSA) is 79.3 Å². The molecule has 7 heteroatoms. The number of nitrogens with one attached hydrogen (secondary N) is 1. The first-order chi connectivity index (χ1) is 8.97. The van der Waals surface area contributed by atoms with E-state index in [0.29, 0.717) is 6.42 Å². The zero-order valence-electron chi connectivity index (χ0n) is 10.3. The van der Waals surface area contributed by atoms with Crippen LogP contribution in [0.3, 0.4) is 0 Å². The molecule has 0 radical (unpaired) electrons. The molecule has 0 unspecified atom stereocenters. The fourth-order valence-electron chi connectivity index (χ4n) is 1.50. The maximum Gasteiger partial charge on any atom is 0.326 e. The van der Waals surface area contributed by atoms with Crippen LogP contribution in [0.15, 0.2) is 12.3 Å². The molecule has 1 amide bonds. The van der Waals surface area contributed by atoms with Crippen LogP contribution in [0.25, 0.3) is 0 Å². The van der Waals surface area contributed by atoms with Crippen LogP contribution in [0.1, 0.15) is 36.5 Å². The first-order valence-corrected chi connectivity index (χ1v) is 5.81. The third kappa shape index (κ3) is 3.97. The van der Waals surface area contributed by atoms with Crippen molar-refractivity contribution in [3.8, 4) is 0 Å². The maximum atomic E-state index is 13.3. The predicted octanol–water partition coefficient (Wildman–Crippen LogP) is 1.73. The Morgan fingerprint density at radius 1 is 1.47 bits per heavy atom. The van der Waals surface area contributed by atoms with Gasteiger partial charge in [-0.15, -0.1) is 0 Å². The lowest BCUT2D eigenvalue weighted by atomic mass is 10.1. The van der Waals surface area contributed by atoms with Crippen molar-refractivity contribution in [2.75, 3.05) is 0 Å². The number of carboxylic acids is 1. The smallest absolute Gasteiger partial charge is 0.326 e. The normalized spacial score (nSPS) is 11.9. The summed E-state index contributed by atoms with van der Waals surface area (Å²) in [6, 6.07) is -0.130. The van der Waals surface area contributed by atoms with Gasteiger partial charge in [0.05, 0.1) is 5.56 Å². The minimum atomic E-state index is -1.40. The van der Waals surface area contributed by atoms with E-state index in [4.69, 9.17) is 5.11 Å². The molecule has 0 bridgehead atoms. The van der Waals surface area contributed by atoms with Gasteiger partial charge in [0.2, 0.25) is 5.95 Å². The van der Waals surface area contributed by atoms with E-state index in [9.17, 15) is 18.4 Å². The van der Waals surface area contributed by atoms with E-state index in [1.807, 2.05) is 6.92 Å². The fourth-order valence-corrected chi connectivity index (χ4v) is 1.50. The van der Waals surface area contributed by atoms with Gasteiger partial charge in [-0.1, -0.05) is 19.8 Å². The van der Waals surface area contributed by atoms with Crippen LogP contribution in [-0.4, -0.2) is 28.0 Å². The van der Waals surface area contributed by atoms with Crippen molar-refractivity contribution >= 4 is 11.9 Å². The SMILES string of the molecule is CCCC[C@@H](NC(=O)c1ccnc(F)c1F)C(=O)O. The van der Waals surface area contributed by atoms with Crippen LogP contribution in [0.5, 0.6) is 0 Å². The minimum absolute atomic E-state index is 0.229. The largest absolute Gasteiger partial charge is 0.480 e. The third-order valence-electron chi connectivity index (χ3n) is 2.54. The van der Waals surface area contributed by atoms with E-state index in [2.05, 4.69) is 10.3 Å². The average molecular weight is 272 g/mol. The quantitative estimate of drug-likeness (QED) is 0.773. The highest BCUT2D eigenvalue weighted by Gasteiger charge is 2.23. The number of halogens is 2. The van der Waals surface area contributed by atoms with Gasteiger partial charge in [0, 0.05) is 6.20 Å². The van der Waals surface area contributed by atoms with Crippen molar-refractivity contribution in [2.24, 2.45) is 0 Å². The number of hydrogen-bond donors (Lipinski definition) is 2. The molecule has 1 aromatic rings. The summed E-state index contributed by atoms with van der Waals surface area (Å²) >= 11 is 0. The molecule has 1 heterocycles. The third-order valence-corrected chi connectivity index (χ3v) is 2.54. The number of hydrogen-bond acceptors (Lipinski definition) is 3. The van der Waals surface area contributed by atoms with Crippen LogP contribution in [0.4, 0.5) is 8.78 Å². The van der Waals surface area contributed by atoms with E-state index >= 15 is 0 Å². The summed E-state index contributed by atoms with van der Waals surface area (Å²) in [5.41, 5.74) is -0.560. The lowest BCUT2D eigenvalue weighted by Gasteiger charge is -2.14. The monoisotopic (exact) mass is 272 g/mol. The van der Waals surface area contributed by atoms with Crippen molar-refractivity contribution in [1.82, 2.24) is 10.3 Å². The molecular formula is C12H14F2N2O3. The molecule has 1 rings (SSSR count). The molecule has 0 spiro atoms. The van der Waals surface area contributed by atoms with Crippen LogP contribution in [0, 0.1) is 11.8 Å². The molecule has 104 valence electrons. The second kappa shape index (κ2) is 6.77. The Bertz CT molecular complexity index is 480. The fraction of sp³-hybridized carbons (Fsp3) is 0.417. The number of carboxylic acid groups (broad SMARTS) is 1. The molecule has 0 fully saturated rings. The lowest BCUT2D eigenvalue weighted by Crippen LogP contribution is -2.41. The highest BCUT2D eigenvalue weighted by molar-refractivity contribution is 5.96. The Balaban J connectivity index is 2.82. The van der Waals surface area contributed by atoms with Crippen molar-refractivity contribution in [3.63, 3.8) is 0 Å². The van der Waals surface area contributed by atoms with Gasteiger partial charge in [-0.3, -0.25) is 4.79 Å². The van der Waals surface area contributed by atoms with Crippen LogP contribution < -0.4 is 5.32 Å². The molecule has 0 saturated carbocycles. The number of aliphatic carboxylic acids is 1. The second-order valence-electron chi connectivity index (χ2n) is 3.97. The van der Waals surface area contributed by atoms with Gasteiger partial charge < -0.3 is 10.4 Å². The maximum absolute atomic E-state index is 13.3. The zero-order chi connectivity index (χ0) is 14.4. The predicted molar refractivity (Wildman–Crippen MR) is 62.6 cm³/mol. The van der Waals surface area contributed by atoms with Gasteiger partial charge in [0.25, 0.3) is 5.91 Å². The number of unbranched alkanes of at least 4 members (excludes halogenated alkanes) is 1. The molecule has 1 atom stereocenters. The summed E-state index contributed by atoms with van der Waals surface area (Å²) in [6.07, 6.45) is 2.53. The Morgan fingerprint density at radius 3 is 2.74 bits per heavy atom. The Hall–Kier alpha value is -2.05. The molecule has 0 saturated heterocycles. The average Bonchev–Trinajstić information content (AvgIpc) is 2.37. The number of rotatable bonds is 6. The van der Waals surface area contributed by atoms with Crippen molar-refractivity contribution in [1.29, 1.82) is 0 Å². The van der Waals surface area contributed by atoms with Gasteiger partial charge in [0.1, 0.15) is 6.04 Å². The molecule has 5 nitrogen and oxygen atoms in total. The number of carbonyl (C=O) groups excluding carboxylic acids is 1. The van der Waals surface area contributed by atoms with Crippen molar-refractivity contribution < 1.29 is 23.5 Å². The number of carbonyl (C=O) groups is 2. The summed E-state index contributed by atoms with van der Waals surface area (Å²) < 4.78 is 26.2. The highest BCUT2D eigenvalue weighted by atomic mass is 19.2. The van der Waals surface area contributed by atoms with E-state index in [-0.39, 0.29) is 6.42 Å². The molecule has 19 heavy (non-hydrogen) atoms. The number of amides is 1. The molecule has 2 N–H and O–H groups in total. The van der Waals surface area contributed by atoms with Gasteiger partial charge in [-0.25, -0.2) is 14.2 Å². The van der Waals surface area contributed by atoms with Gasteiger partial charge >= 0.3 is 5.97 Å². The Morgan fingerprint density at radius 2 is 2.16 bits per heavy atom. The van der Waals surface area contributed by atoms with Crippen LogP contribution >= 0.6 is 0 Å². The van der Waals surface area contributed by atoms with Crippen molar-refractivity contribution in [2.45, 2.75) is 32.2 Å². The molecule has 0 aliphatic rings. The van der Waals surface area contributed by atoms with E-state index in [1.165, 1.54) is 0 Å². The highest BCUT2D eigenvalue weighted by Crippen LogP contribution is 2.10. The second-order valence-corrected chi connectivity index (χ2v) is 3.97. The van der Waals surface area contributed by atoms with Gasteiger partial charge in [-0.2, -0.15) is 4.39 Å². The zero-order valence-corrected chi connectivity index (χ0v) is 10.3. The molecule has 0 aromatic carbocycles. The summed E-state index contributed by atoms with van der Waals surface area (Å²) in [4.78, 5) is 25.7. The first kappa shape index (κ1) is 15.0. The number of pyridine rings is 1. The summed E-state index contributed by atoms with van der Waals surface area (Å²) in [7, 11) is 0. The molecule has 0 aliphatic carbocycles. The van der Waals surface area contributed by atoms with Crippen LogP contribution in [-0.2, 0) is 4.79 Å². The van der Waals surface area contributed by atoms with Gasteiger partial charge in [0.15, 0.2) is 5.82 Å². The van der Waals surface area contributed by atoms with Crippen LogP contribution in [0.2, 0.25) is 0 Å². The molecule has 0 aliphatic heterocycles. The summed E-state index contributed by atoms with van der Waals surface area (Å²) in [5.74, 6) is -4.97. The summed E-state index contributed by atoms with van der Waals surface area (Å²) in [5, 5.41) is 11.1. The lowest BCUT2D eigenvalue weighted by molar-refractivity contribution is -0.139. The molecule has 1 aromatic heterocycles. The Kier molecular flexibility index (Phi) is 5.35. The minimum Gasteiger partial charge on any atom is -0.480 e. The van der Waals surface area contributed by atoms with E-state index < -0.39 is 35.2 Å². The molecular weight excluding hydrogens is 258 g/mol. The van der Waals surface area contributed by atoms with Crippen molar-refractivity contribution in [3.05, 3.63) is 29.6 Å². The summed E-state index contributed by atoms with van der Waals surface area (Å²) in [6.45, 7) is 1.87. The Labute approximate surface area is 108 Å². The first-order valence-electron chi connectivity index (χ1n) is 5.81. The van der Waals surface area contributed by atoms with Gasteiger partial charge in [-0.05, 0) is 12.5 Å².